The fraction of sp³-hybridized carbons (Fsp3) is 0.222. The first-order chi connectivity index (χ1) is 12.2. The van der Waals surface area contributed by atoms with Crippen molar-refractivity contribution in [1.82, 2.24) is 5.32 Å². The summed E-state index contributed by atoms with van der Waals surface area (Å²) in [6.07, 6.45) is 1.08. The highest BCUT2D eigenvalue weighted by Gasteiger charge is 2.18. The van der Waals surface area contributed by atoms with E-state index in [0.717, 1.165) is 10.6 Å². The normalized spacial score (nSPS) is 11.0. The van der Waals surface area contributed by atoms with Gasteiger partial charge in [0.1, 0.15) is 0 Å². The molecule has 0 saturated heterocycles. The fourth-order valence-electron chi connectivity index (χ4n) is 2.34. The van der Waals surface area contributed by atoms with Gasteiger partial charge in [0, 0.05) is 22.7 Å². The molecule has 0 bridgehead atoms. The van der Waals surface area contributed by atoms with Crippen molar-refractivity contribution in [1.29, 1.82) is 0 Å². The summed E-state index contributed by atoms with van der Waals surface area (Å²) < 4.78 is 25.4. The maximum Gasteiger partial charge on any atom is 0.251 e. The number of halogens is 1. The van der Waals surface area contributed by atoms with Crippen molar-refractivity contribution in [2.24, 2.45) is 0 Å². The zero-order chi connectivity index (χ0) is 19.3. The van der Waals surface area contributed by atoms with E-state index < -0.39 is 10.0 Å². The number of carbonyl (C=O) groups is 2. The predicted octanol–water partition coefficient (Wildman–Crippen LogP) is 2.74. The van der Waals surface area contributed by atoms with Crippen LogP contribution in [0.3, 0.4) is 0 Å². The van der Waals surface area contributed by atoms with Crippen molar-refractivity contribution >= 4 is 39.0 Å². The average Bonchev–Trinajstić information content (AvgIpc) is 2.58. The first-order valence-corrected chi connectivity index (χ1v) is 10.0. The number of carbonyl (C=O) groups excluding carboxylic acids is 2. The standard InChI is InChI=1S/C18H19ClN2O4S/c1-13(22)15-4-3-5-17(12-15)21(26(2,24)25)11-10-20-18(23)14-6-8-16(19)9-7-14/h3-9,12H,10-11H2,1-2H3,(H,20,23). The van der Waals surface area contributed by atoms with Crippen molar-refractivity contribution in [3.8, 4) is 0 Å². The van der Waals surface area contributed by atoms with Crippen molar-refractivity contribution in [3.63, 3.8) is 0 Å². The molecule has 26 heavy (non-hydrogen) atoms. The third-order valence-corrected chi connectivity index (χ3v) is 5.09. The highest BCUT2D eigenvalue weighted by Crippen LogP contribution is 2.19. The fourth-order valence-corrected chi connectivity index (χ4v) is 3.39. The van der Waals surface area contributed by atoms with Crippen LogP contribution in [0.1, 0.15) is 27.6 Å². The molecule has 0 aromatic heterocycles. The summed E-state index contributed by atoms with van der Waals surface area (Å²) in [6, 6.07) is 12.7. The topological polar surface area (TPSA) is 83.6 Å². The molecule has 2 rings (SSSR count). The molecule has 0 atom stereocenters. The third-order valence-electron chi connectivity index (χ3n) is 3.65. The molecule has 138 valence electrons. The lowest BCUT2D eigenvalue weighted by Crippen LogP contribution is -2.38. The largest absolute Gasteiger partial charge is 0.350 e. The number of ketones is 1. The molecule has 6 nitrogen and oxygen atoms in total. The Morgan fingerprint density at radius 1 is 1.08 bits per heavy atom. The second kappa shape index (κ2) is 8.33. The minimum Gasteiger partial charge on any atom is -0.350 e. The SMILES string of the molecule is CC(=O)c1cccc(N(CCNC(=O)c2ccc(Cl)cc2)S(C)(=O)=O)c1. The summed E-state index contributed by atoms with van der Waals surface area (Å²) in [5, 5.41) is 3.20. The van der Waals surface area contributed by atoms with Crippen LogP contribution in [0.4, 0.5) is 5.69 Å². The monoisotopic (exact) mass is 394 g/mol. The summed E-state index contributed by atoms with van der Waals surface area (Å²) in [7, 11) is -3.58. The van der Waals surface area contributed by atoms with Crippen molar-refractivity contribution in [2.75, 3.05) is 23.7 Å². The number of hydrogen-bond acceptors (Lipinski definition) is 4. The summed E-state index contributed by atoms with van der Waals surface area (Å²) in [5.74, 6) is -0.482. The van der Waals surface area contributed by atoms with Gasteiger partial charge >= 0.3 is 0 Å². The quantitative estimate of drug-likeness (QED) is 0.732. The van der Waals surface area contributed by atoms with E-state index in [1.54, 1.807) is 42.5 Å². The molecule has 0 unspecified atom stereocenters. The second-order valence-electron chi connectivity index (χ2n) is 5.70. The molecule has 0 spiro atoms. The Kier molecular flexibility index (Phi) is 6.39. The van der Waals surface area contributed by atoms with Crippen LogP contribution in [-0.2, 0) is 10.0 Å². The van der Waals surface area contributed by atoms with E-state index in [1.165, 1.54) is 13.0 Å². The first kappa shape index (κ1) is 19.9. The number of nitrogens with one attached hydrogen (secondary N) is 1. The highest BCUT2D eigenvalue weighted by molar-refractivity contribution is 7.92. The van der Waals surface area contributed by atoms with Gasteiger partial charge in [-0.25, -0.2) is 8.42 Å². The Bertz CT molecular complexity index is 911. The van der Waals surface area contributed by atoms with Gasteiger partial charge in [-0.1, -0.05) is 23.7 Å². The Morgan fingerprint density at radius 2 is 1.73 bits per heavy atom. The number of nitrogens with zero attached hydrogens (tertiary/aromatic N) is 1. The summed E-state index contributed by atoms with van der Waals surface area (Å²) in [6.45, 7) is 1.56. The van der Waals surface area contributed by atoms with Gasteiger partial charge in [-0.15, -0.1) is 0 Å². The van der Waals surface area contributed by atoms with E-state index in [4.69, 9.17) is 11.6 Å². The van der Waals surface area contributed by atoms with Gasteiger partial charge in [-0.3, -0.25) is 13.9 Å². The van der Waals surface area contributed by atoms with Crippen LogP contribution in [0, 0.1) is 0 Å². The zero-order valence-electron chi connectivity index (χ0n) is 14.4. The Morgan fingerprint density at radius 3 is 2.31 bits per heavy atom. The van der Waals surface area contributed by atoms with Crippen molar-refractivity contribution in [3.05, 3.63) is 64.7 Å². The molecule has 1 N–H and O–H groups in total. The summed E-state index contributed by atoms with van der Waals surface area (Å²) in [5.41, 5.74) is 1.22. The molecule has 0 aliphatic rings. The lowest BCUT2D eigenvalue weighted by Gasteiger charge is -2.23. The molecular formula is C18H19ClN2O4S. The smallest absolute Gasteiger partial charge is 0.251 e. The molecule has 0 aliphatic carbocycles. The van der Waals surface area contributed by atoms with Gasteiger partial charge in [-0.05, 0) is 43.3 Å². The van der Waals surface area contributed by atoms with E-state index in [-0.39, 0.29) is 24.8 Å². The van der Waals surface area contributed by atoms with Crippen molar-refractivity contribution in [2.45, 2.75) is 6.92 Å². The van der Waals surface area contributed by atoms with Crippen LogP contribution in [0.15, 0.2) is 48.5 Å². The molecular weight excluding hydrogens is 376 g/mol. The van der Waals surface area contributed by atoms with Gasteiger partial charge in [-0.2, -0.15) is 0 Å². The van der Waals surface area contributed by atoms with Gasteiger partial charge in [0.25, 0.3) is 5.91 Å². The molecule has 0 heterocycles. The minimum atomic E-state index is -3.58. The van der Waals surface area contributed by atoms with Crippen LogP contribution < -0.4 is 9.62 Å². The first-order valence-electron chi connectivity index (χ1n) is 7.81. The lowest BCUT2D eigenvalue weighted by atomic mass is 10.1. The molecule has 0 aliphatic heterocycles. The maximum absolute atomic E-state index is 12.1. The van der Waals surface area contributed by atoms with Gasteiger partial charge < -0.3 is 5.32 Å². The van der Waals surface area contributed by atoms with Gasteiger partial charge in [0.2, 0.25) is 10.0 Å². The van der Waals surface area contributed by atoms with Crippen LogP contribution in [0.2, 0.25) is 5.02 Å². The van der Waals surface area contributed by atoms with Crippen LogP contribution in [-0.4, -0.2) is 39.5 Å². The van der Waals surface area contributed by atoms with E-state index in [0.29, 0.717) is 21.8 Å². The summed E-state index contributed by atoms with van der Waals surface area (Å²) in [4.78, 5) is 23.6. The third kappa shape index (κ3) is 5.31. The molecule has 2 aromatic carbocycles. The van der Waals surface area contributed by atoms with E-state index >= 15 is 0 Å². The number of Topliss-reactive ketones (excluding diaryl/α,β-unsaturated/α-hetero) is 1. The number of anilines is 1. The Balaban J connectivity index is 2.10. The minimum absolute atomic E-state index is 0.0412. The van der Waals surface area contributed by atoms with Gasteiger partial charge in [0.15, 0.2) is 5.78 Å². The van der Waals surface area contributed by atoms with E-state index in [2.05, 4.69) is 5.32 Å². The molecule has 0 saturated carbocycles. The lowest BCUT2D eigenvalue weighted by molar-refractivity contribution is 0.0954. The van der Waals surface area contributed by atoms with Crippen LogP contribution in [0.25, 0.3) is 0 Å². The summed E-state index contributed by atoms with van der Waals surface area (Å²) >= 11 is 5.79. The second-order valence-corrected chi connectivity index (χ2v) is 8.05. The molecule has 0 radical (unpaired) electrons. The predicted molar refractivity (Wildman–Crippen MR) is 102 cm³/mol. The molecule has 1 amide bonds. The average molecular weight is 395 g/mol. The number of hydrogen-bond donors (Lipinski definition) is 1. The van der Waals surface area contributed by atoms with Crippen LogP contribution >= 0.6 is 11.6 Å². The molecule has 2 aromatic rings. The highest BCUT2D eigenvalue weighted by atomic mass is 35.5. The Labute approximate surface area is 157 Å². The number of amides is 1. The zero-order valence-corrected chi connectivity index (χ0v) is 16.0. The number of benzene rings is 2. The maximum atomic E-state index is 12.1. The number of sulfonamides is 1. The van der Waals surface area contributed by atoms with Crippen molar-refractivity contribution < 1.29 is 18.0 Å². The molecule has 8 heteroatoms. The molecule has 0 fully saturated rings. The van der Waals surface area contributed by atoms with E-state index in [1.807, 2.05) is 0 Å². The Hall–Kier alpha value is -2.38. The number of rotatable bonds is 7. The van der Waals surface area contributed by atoms with E-state index in [9.17, 15) is 18.0 Å². The van der Waals surface area contributed by atoms with Crippen LogP contribution in [0.5, 0.6) is 0 Å². The van der Waals surface area contributed by atoms with Gasteiger partial charge in [0.05, 0.1) is 18.5 Å².